The highest BCUT2D eigenvalue weighted by atomic mass is 32.2. The second kappa shape index (κ2) is 12.8. The second-order valence-corrected chi connectivity index (χ2v) is 13.1. The number of aliphatic carboxylic acids is 1. The fraction of sp³-hybridized carbons (Fsp3) is 0.318. The van der Waals surface area contributed by atoms with Crippen LogP contribution in [0, 0.1) is 0 Å². The van der Waals surface area contributed by atoms with Crippen molar-refractivity contribution in [3.05, 3.63) is 39.3 Å². The molecule has 3 aromatic heterocycles. The quantitative estimate of drug-likeness (QED) is 0.0568. The Bertz CT molecular complexity index is 1720. The van der Waals surface area contributed by atoms with Gasteiger partial charge >= 0.3 is 11.9 Å². The minimum atomic E-state index is -1.37. The molecule has 2 aliphatic heterocycles. The number of fused-ring (bicyclic) bond motifs is 1. The van der Waals surface area contributed by atoms with Gasteiger partial charge in [-0.3, -0.25) is 14.5 Å². The minimum absolute atomic E-state index is 0.0287. The number of aliphatic hydroxyl groups excluding tert-OH is 1. The number of aromatic carboxylic acids is 1. The Balaban J connectivity index is 1.36. The Hall–Kier alpha value is -4.25. The zero-order chi connectivity index (χ0) is 31.7. The highest BCUT2D eigenvalue weighted by Crippen LogP contribution is 2.46. The van der Waals surface area contributed by atoms with E-state index >= 15 is 0 Å². The number of hydrogen-bond donors (Lipinski definition) is 6. The minimum Gasteiger partial charge on any atom is -0.477 e. The molecule has 0 aromatic carbocycles. The lowest BCUT2D eigenvalue weighted by molar-refractivity contribution is -0.767. The van der Waals surface area contributed by atoms with Gasteiger partial charge < -0.3 is 36.9 Å². The van der Waals surface area contributed by atoms with E-state index in [1.165, 1.54) is 18.9 Å². The summed E-state index contributed by atoms with van der Waals surface area (Å²) in [5, 5.41) is 34.7. The van der Waals surface area contributed by atoms with Gasteiger partial charge in [0.05, 0.1) is 12.7 Å². The normalized spacial score (nSPS) is 18.2. The average molecular weight is 684 g/mol. The monoisotopic (exact) mass is 683 g/mol. The second-order valence-electron chi connectivity index (χ2n) is 8.86. The van der Waals surface area contributed by atoms with Crippen LogP contribution >= 0.6 is 46.4 Å². The zero-order valence-corrected chi connectivity index (χ0v) is 25.7. The summed E-state index contributed by atoms with van der Waals surface area (Å²) in [6.45, 7) is 0.0246. The number of nitrogens with zero attached hydrogens (tertiary/aromatic N) is 7. The summed E-state index contributed by atoms with van der Waals surface area (Å²) in [5.74, 6) is -3.66. The SMILES string of the molecule is CO/N=C(\C(=O)N[C@@H]1C(=O)N2C(C(=O)O)=C(Sc3nc(C[n+]4ccc(N)n4CCO)c(C(=O)O)s3)CSC12)c1nsc(N)n1. The number of oxime groups is 1. The number of aromatic nitrogens is 5. The maximum atomic E-state index is 13.2. The lowest BCUT2D eigenvalue weighted by Crippen LogP contribution is -2.71. The summed E-state index contributed by atoms with van der Waals surface area (Å²) in [4.78, 5) is 64.8. The molecule has 0 spiro atoms. The van der Waals surface area contributed by atoms with Gasteiger partial charge in [-0.25, -0.2) is 14.6 Å². The van der Waals surface area contributed by atoms with Gasteiger partial charge in [0.15, 0.2) is 21.5 Å². The van der Waals surface area contributed by atoms with Crippen LogP contribution in [0.15, 0.2) is 32.4 Å². The van der Waals surface area contributed by atoms with Gasteiger partial charge in [0.25, 0.3) is 11.8 Å². The molecule has 18 nitrogen and oxygen atoms in total. The number of rotatable bonds is 12. The molecular formula is C22H23N10O8S4+. The first kappa shape index (κ1) is 31.2. The fourth-order valence-corrected chi connectivity index (χ4v) is 8.44. The van der Waals surface area contributed by atoms with Crippen LogP contribution in [-0.4, -0.2) is 99.6 Å². The number of β-lactam (4-membered cyclic amide) rings is 1. The third-order valence-electron chi connectivity index (χ3n) is 6.21. The van der Waals surface area contributed by atoms with Crippen molar-refractivity contribution in [1.29, 1.82) is 0 Å². The number of carboxylic acid groups (broad SMARTS) is 2. The van der Waals surface area contributed by atoms with E-state index in [4.69, 9.17) is 16.3 Å². The van der Waals surface area contributed by atoms with Gasteiger partial charge in [0.2, 0.25) is 18.1 Å². The van der Waals surface area contributed by atoms with Crippen molar-refractivity contribution < 1.29 is 44.0 Å². The highest BCUT2D eigenvalue weighted by Gasteiger charge is 2.54. The van der Waals surface area contributed by atoms with Crippen LogP contribution in [0.1, 0.15) is 21.2 Å². The number of carbonyl (C=O) groups is 4. The summed E-state index contributed by atoms with van der Waals surface area (Å²) < 4.78 is 7.37. The van der Waals surface area contributed by atoms with Crippen LogP contribution in [0.2, 0.25) is 0 Å². The number of anilines is 2. The van der Waals surface area contributed by atoms with E-state index in [0.717, 1.165) is 39.5 Å². The van der Waals surface area contributed by atoms with Gasteiger partial charge in [-0.1, -0.05) is 28.3 Å². The molecule has 44 heavy (non-hydrogen) atoms. The number of carboxylic acids is 2. The van der Waals surface area contributed by atoms with E-state index in [1.807, 2.05) is 0 Å². The standard InChI is InChI=1S/C22H22N10O8S4/c1-40-28-11(15-27-21(24)44-29-15)16(34)26-12-17(35)32-13(19(36)37)9(7-41-18(12)32)42-22-25-8(14(43-22)20(38)39)6-30-3-2-10(23)31(30)4-5-33/h2-3,12,18,23,33H,4-7H2,1H3,(H5,24,26,27,29,34,36,37,38,39)/p+1/b28-11-/t12-,18?/m1/s1. The number of carbonyl (C=O) groups excluding carboxylic acids is 2. The number of nitrogens with one attached hydrogen (secondary N) is 1. The molecule has 2 aliphatic rings. The molecular weight excluding hydrogens is 661 g/mol. The van der Waals surface area contributed by atoms with Crippen molar-refractivity contribution in [3.63, 3.8) is 0 Å². The van der Waals surface area contributed by atoms with Crippen molar-refractivity contribution in [2.75, 3.05) is 30.9 Å². The molecule has 1 saturated heterocycles. The fourth-order valence-electron chi connectivity index (χ4n) is 4.36. The van der Waals surface area contributed by atoms with Gasteiger partial charge in [-0.2, -0.15) is 9.36 Å². The Morgan fingerprint density at radius 1 is 1.27 bits per heavy atom. The summed E-state index contributed by atoms with van der Waals surface area (Å²) in [5.41, 5.74) is 11.1. The topological polar surface area (TPSA) is 265 Å². The van der Waals surface area contributed by atoms with Gasteiger partial charge in [0, 0.05) is 22.2 Å². The lowest BCUT2D eigenvalue weighted by Gasteiger charge is -2.49. The van der Waals surface area contributed by atoms with E-state index in [-0.39, 0.29) is 67.6 Å². The van der Waals surface area contributed by atoms with E-state index in [0.29, 0.717) is 5.82 Å². The van der Waals surface area contributed by atoms with Gasteiger partial charge in [-0.05, 0) is 0 Å². The van der Waals surface area contributed by atoms with Crippen LogP contribution in [0.3, 0.4) is 0 Å². The molecule has 2 amide bonds. The molecule has 1 fully saturated rings. The number of aliphatic hydroxyl groups is 1. The molecule has 22 heteroatoms. The highest BCUT2D eigenvalue weighted by molar-refractivity contribution is 8.07. The summed E-state index contributed by atoms with van der Waals surface area (Å²) in [6.07, 6.45) is 1.63. The smallest absolute Gasteiger partial charge is 0.353 e. The van der Waals surface area contributed by atoms with Crippen molar-refractivity contribution in [1.82, 2.24) is 29.2 Å². The largest absolute Gasteiger partial charge is 0.477 e. The number of amides is 2. The Kier molecular flexibility index (Phi) is 9.05. The van der Waals surface area contributed by atoms with Crippen molar-refractivity contribution >= 4 is 86.8 Å². The number of nitrogens with two attached hydrogens (primary N) is 2. The molecule has 8 N–H and O–H groups in total. The first-order valence-electron chi connectivity index (χ1n) is 12.3. The van der Waals surface area contributed by atoms with Crippen LogP contribution in [0.25, 0.3) is 0 Å². The molecule has 232 valence electrons. The van der Waals surface area contributed by atoms with Crippen molar-refractivity contribution in [2.45, 2.75) is 28.8 Å². The Labute approximate surface area is 263 Å². The first-order valence-corrected chi connectivity index (χ1v) is 15.8. The van der Waals surface area contributed by atoms with E-state index in [1.54, 1.807) is 21.6 Å². The van der Waals surface area contributed by atoms with Gasteiger partial charge in [0.1, 0.15) is 41.3 Å². The third kappa shape index (κ3) is 5.93. The molecule has 5 rings (SSSR count). The number of thioether (sulfide) groups is 2. The summed E-state index contributed by atoms with van der Waals surface area (Å²) >= 11 is 3.87. The summed E-state index contributed by atoms with van der Waals surface area (Å²) in [7, 11) is 1.22. The summed E-state index contributed by atoms with van der Waals surface area (Å²) in [6, 6.07) is 0.533. The van der Waals surface area contributed by atoms with E-state index < -0.39 is 35.2 Å². The number of thiazole rings is 1. The Morgan fingerprint density at radius 2 is 2.05 bits per heavy atom. The first-order chi connectivity index (χ1) is 21.0. The van der Waals surface area contributed by atoms with Gasteiger partial charge in [-0.15, -0.1) is 21.1 Å². The molecule has 1 unspecified atom stereocenters. The zero-order valence-electron chi connectivity index (χ0n) is 22.4. The van der Waals surface area contributed by atoms with E-state index in [2.05, 4.69) is 24.8 Å². The maximum Gasteiger partial charge on any atom is 0.353 e. The van der Waals surface area contributed by atoms with Crippen LogP contribution < -0.4 is 21.5 Å². The third-order valence-corrected chi connectivity index (χ3v) is 10.4. The molecule has 2 atom stereocenters. The predicted octanol–water partition coefficient (Wildman–Crippen LogP) is -1.17. The molecule has 0 aliphatic carbocycles. The molecule has 0 radical (unpaired) electrons. The van der Waals surface area contributed by atoms with E-state index in [9.17, 15) is 34.5 Å². The molecule has 0 bridgehead atoms. The molecule has 5 heterocycles. The number of nitrogen functional groups attached to an aromatic ring is 2. The lowest BCUT2D eigenvalue weighted by atomic mass is 10.0. The van der Waals surface area contributed by atoms with Crippen molar-refractivity contribution in [2.24, 2.45) is 5.16 Å². The maximum absolute atomic E-state index is 13.2. The van der Waals surface area contributed by atoms with Crippen molar-refractivity contribution in [3.8, 4) is 0 Å². The average Bonchev–Trinajstić information content (AvgIpc) is 3.69. The molecule has 3 aromatic rings. The van der Waals surface area contributed by atoms with Crippen LogP contribution in [0.4, 0.5) is 10.9 Å². The predicted molar refractivity (Wildman–Crippen MR) is 158 cm³/mol. The molecule has 0 saturated carbocycles. The van der Waals surface area contributed by atoms with Crippen LogP contribution in [0.5, 0.6) is 0 Å². The number of hydrogen-bond acceptors (Lipinski definition) is 16. The van der Waals surface area contributed by atoms with Crippen LogP contribution in [-0.2, 0) is 32.3 Å². The Morgan fingerprint density at radius 3 is 2.68 bits per heavy atom.